The maximum atomic E-state index is 12.8. The Balaban J connectivity index is 1.35. The van der Waals surface area contributed by atoms with Crippen molar-refractivity contribution >= 4 is 5.78 Å². The average Bonchev–Trinajstić information content (AvgIpc) is 2.70. The average molecular weight is 364 g/mol. The number of hydrogen-bond acceptors (Lipinski definition) is 3. The molecule has 3 nitrogen and oxygen atoms in total. The van der Waals surface area contributed by atoms with Gasteiger partial charge in [-0.1, -0.05) is 60.7 Å². The zero-order valence-electron chi connectivity index (χ0n) is 15.9. The molecule has 0 spiro atoms. The second-order valence-corrected chi connectivity index (χ2v) is 8.02. The number of nitrogens with zero attached hydrogens (tertiary/aromatic N) is 1. The van der Waals surface area contributed by atoms with E-state index in [1.54, 1.807) is 0 Å². The summed E-state index contributed by atoms with van der Waals surface area (Å²) in [5.74, 6) is 1.18. The fraction of sp³-hybridized carbons (Fsp3) is 0.458. The SMILES string of the molecule is O=C1C[C@@H]2CCN(Cc3ccccc3)[C@@H](C2)[C@@H]1CCOCc1ccccc1. The smallest absolute Gasteiger partial charge is 0.137 e. The predicted octanol–water partition coefficient (Wildman–Crippen LogP) is 4.46. The number of Topliss-reactive ketones (excluding diaryl/α,β-unsaturated/α-hetero) is 1. The van der Waals surface area contributed by atoms with Crippen LogP contribution in [0.5, 0.6) is 0 Å². The van der Waals surface area contributed by atoms with Gasteiger partial charge in [0.25, 0.3) is 0 Å². The molecule has 1 saturated carbocycles. The van der Waals surface area contributed by atoms with Crippen LogP contribution in [-0.2, 0) is 22.7 Å². The molecule has 3 heteroatoms. The summed E-state index contributed by atoms with van der Waals surface area (Å²) in [5, 5.41) is 0. The van der Waals surface area contributed by atoms with Gasteiger partial charge < -0.3 is 4.74 Å². The van der Waals surface area contributed by atoms with Crippen molar-refractivity contribution in [1.29, 1.82) is 0 Å². The number of carbonyl (C=O) groups is 1. The molecule has 27 heavy (non-hydrogen) atoms. The van der Waals surface area contributed by atoms with Crippen molar-refractivity contribution in [2.75, 3.05) is 13.2 Å². The molecule has 0 unspecified atom stereocenters. The summed E-state index contributed by atoms with van der Waals surface area (Å²) in [5.41, 5.74) is 2.53. The van der Waals surface area contributed by atoms with Gasteiger partial charge in [-0.2, -0.15) is 0 Å². The molecule has 1 aliphatic heterocycles. The predicted molar refractivity (Wildman–Crippen MR) is 107 cm³/mol. The van der Waals surface area contributed by atoms with Gasteiger partial charge in [0, 0.05) is 31.5 Å². The number of hydrogen-bond donors (Lipinski definition) is 0. The van der Waals surface area contributed by atoms with E-state index in [9.17, 15) is 4.79 Å². The van der Waals surface area contributed by atoms with Gasteiger partial charge in [0.15, 0.2) is 0 Å². The molecule has 2 aromatic carbocycles. The van der Waals surface area contributed by atoms with Crippen LogP contribution in [0.2, 0.25) is 0 Å². The van der Waals surface area contributed by atoms with E-state index >= 15 is 0 Å². The largest absolute Gasteiger partial charge is 0.377 e. The molecular weight excluding hydrogens is 334 g/mol. The van der Waals surface area contributed by atoms with E-state index in [4.69, 9.17) is 4.74 Å². The second-order valence-electron chi connectivity index (χ2n) is 8.02. The number of ether oxygens (including phenoxy) is 1. The number of likely N-dealkylation sites (tertiary alicyclic amines) is 1. The Morgan fingerprint density at radius 3 is 2.41 bits per heavy atom. The lowest BCUT2D eigenvalue weighted by atomic mass is 9.71. The maximum absolute atomic E-state index is 12.8. The van der Waals surface area contributed by atoms with Crippen LogP contribution in [0.15, 0.2) is 60.7 Å². The van der Waals surface area contributed by atoms with Crippen molar-refractivity contribution in [3.05, 3.63) is 71.8 Å². The number of fused-ring (bicyclic) bond motifs is 2. The van der Waals surface area contributed by atoms with Gasteiger partial charge in [0.05, 0.1) is 6.61 Å². The Morgan fingerprint density at radius 2 is 1.67 bits per heavy atom. The monoisotopic (exact) mass is 363 g/mol. The molecule has 2 aliphatic rings. The van der Waals surface area contributed by atoms with Crippen LogP contribution in [0.3, 0.4) is 0 Å². The highest BCUT2D eigenvalue weighted by atomic mass is 16.5. The van der Waals surface area contributed by atoms with E-state index < -0.39 is 0 Å². The fourth-order valence-electron chi connectivity index (χ4n) is 4.72. The zero-order chi connectivity index (χ0) is 18.5. The van der Waals surface area contributed by atoms with Gasteiger partial charge in [-0.25, -0.2) is 0 Å². The first-order valence-electron chi connectivity index (χ1n) is 10.2. The molecule has 142 valence electrons. The van der Waals surface area contributed by atoms with E-state index in [-0.39, 0.29) is 5.92 Å². The van der Waals surface area contributed by atoms with Crippen LogP contribution >= 0.6 is 0 Å². The lowest BCUT2D eigenvalue weighted by molar-refractivity contribution is -0.133. The summed E-state index contributed by atoms with van der Waals surface area (Å²) in [7, 11) is 0. The number of ketones is 1. The minimum absolute atomic E-state index is 0.126. The Labute approximate surface area is 162 Å². The van der Waals surface area contributed by atoms with Crippen LogP contribution in [0, 0.1) is 11.8 Å². The van der Waals surface area contributed by atoms with Crippen molar-refractivity contribution < 1.29 is 9.53 Å². The summed E-state index contributed by atoms with van der Waals surface area (Å²) in [6.45, 7) is 3.35. The van der Waals surface area contributed by atoms with E-state index in [0.29, 0.717) is 31.0 Å². The lowest BCUT2D eigenvalue weighted by Gasteiger charge is -2.46. The van der Waals surface area contributed by atoms with Crippen molar-refractivity contribution in [1.82, 2.24) is 4.90 Å². The Kier molecular flexibility index (Phi) is 6.00. The first-order chi connectivity index (χ1) is 13.3. The van der Waals surface area contributed by atoms with Crippen molar-refractivity contribution in [2.45, 2.75) is 44.9 Å². The molecule has 2 aromatic rings. The summed E-state index contributed by atoms with van der Waals surface area (Å²) < 4.78 is 5.89. The molecule has 1 aliphatic carbocycles. The quantitative estimate of drug-likeness (QED) is 0.680. The molecule has 0 radical (unpaired) electrons. The minimum atomic E-state index is 0.126. The first kappa shape index (κ1) is 18.4. The molecular formula is C24H29NO2. The second kappa shape index (κ2) is 8.81. The maximum Gasteiger partial charge on any atom is 0.137 e. The van der Waals surface area contributed by atoms with E-state index in [1.165, 1.54) is 17.5 Å². The van der Waals surface area contributed by atoms with Gasteiger partial charge in [-0.15, -0.1) is 0 Å². The van der Waals surface area contributed by atoms with Crippen LogP contribution in [0.25, 0.3) is 0 Å². The van der Waals surface area contributed by atoms with Crippen LogP contribution in [0.4, 0.5) is 0 Å². The Bertz CT molecular complexity index is 731. The van der Waals surface area contributed by atoms with Gasteiger partial charge in [0.2, 0.25) is 0 Å². The standard InChI is InChI=1S/C24H29NO2/c26-24-16-21-11-13-25(17-19-7-3-1-4-8-19)23(15-21)22(24)12-14-27-18-20-9-5-2-6-10-20/h1-10,21-23H,11-18H2/t21-,22+,23+/m1/s1. The minimum Gasteiger partial charge on any atom is -0.377 e. The Morgan fingerprint density at radius 1 is 0.963 bits per heavy atom. The summed E-state index contributed by atoms with van der Waals surface area (Å²) in [4.78, 5) is 15.3. The molecule has 1 heterocycles. The number of benzene rings is 2. The van der Waals surface area contributed by atoms with Crippen LogP contribution < -0.4 is 0 Å². The summed E-state index contributed by atoms with van der Waals surface area (Å²) in [6.07, 6.45) is 3.95. The van der Waals surface area contributed by atoms with Gasteiger partial charge in [0.1, 0.15) is 5.78 Å². The third kappa shape index (κ3) is 4.66. The summed E-state index contributed by atoms with van der Waals surface area (Å²) >= 11 is 0. The topological polar surface area (TPSA) is 29.5 Å². The van der Waals surface area contributed by atoms with Gasteiger partial charge in [-0.3, -0.25) is 9.69 Å². The van der Waals surface area contributed by atoms with Crippen LogP contribution in [0.1, 0.15) is 36.8 Å². The third-order valence-corrected chi connectivity index (χ3v) is 6.15. The number of piperidine rings is 1. The number of carbonyl (C=O) groups excluding carboxylic acids is 1. The molecule has 0 aromatic heterocycles. The van der Waals surface area contributed by atoms with Crippen molar-refractivity contribution in [3.8, 4) is 0 Å². The van der Waals surface area contributed by atoms with Gasteiger partial charge in [-0.05, 0) is 42.9 Å². The summed E-state index contributed by atoms with van der Waals surface area (Å²) in [6, 6.07) is 21.3. The highest BCUT2D eigenvalue weighted by Crippen LogP contribution is 2.38. The fourth-order valence-corrected chi connectivity index (χ4v) is 4.72. The Hall–Kier alpha value is -1.97. The van der Waals surface area contributed by atoms with E-state index in [2.05, 4.69) is 47.4 Å². The molecule has 4 rings (SSSR count). The highest BCUT2D eigenvalue weighted by Gasteiger charge is 2.42. The molecule has 1 saturated heterocycles. The zero-order valence-corrected chi connectivity index (χ0v) is 15.9. The number of rotatable bonds is 7. The van der Waals surface area contributed by atoms with Gasteiger partial charge >= 0.3 is 0 Å². The first-order valence-corrected chi connectivity index (χ1v) is 10.2. The molecule has 0 N–H and O–H groups in total. The lowest BCUT2D eigenvalue weighted by Crippen LogP contribution is -2.52. The van der Waals surface area contributed by atoms with Crippen LogP contribution in [-0.4, -0.2) is 29.9 Å². The molecule has 2 bridgehead atoms. The van der Waals surface area contributed by atoms with E-state index in [0.717, 1.165) is 32.4 Å². The highest BCUT2D eigenvalue weighted by molar-refractivity contribution is 5.83. The normalized spacial score (nSPS) is 25.5. The molecule has 0 amide bonds. The molecule has 2 fully saturated rings. The van der Waals surface area contributed by atoms with E-state index in [1.807, 2.05) is 18.2 Å². The third-order valence-electron chi connectivity index (χ3n) is 6.15. The molecule has 3 atom stereocenters. The van der Waals surface area contributed by atoms with Crippen molar-refractivity contribution in [3.63, 3.8) is 0 Å². The van der Waals surface area contributed by atoms with Crippen molar-refractivity contribution in [2.24, 2.45) is 11.8 Å².